The van der Waals surface area contributed by atoms with Gasteiger partial charge in [-0.15, -0.1) is 0 Å². The van der Waals surface area contributed by atoms with Crippen LogP contribution in [0.25, 0.3) is 11.4 Å². The maximum absolute atomic E-state index is 13.0. The van der Waals surface area contributed by atoms with Gasteiger partial charge in [-0.3, -0.25) is 14.6 Å². The van der Waals surface area contributed by atoms with E-state index in [0.29, 0.717) is 31.3 Å². The van der Waals surface area contributed by atoms with Crippen LogP contribution >= 0.6 is 0 Å². The summed E-state index contributed by atoms with van der Waals surface area (Å²) in [4.78, 5) is 22.3. The van der Waals surface area contributed by atoms with E-state index in [4.69, 9.17) is 9.26 Å². The lowest BCUT2D eigenvalue weighted by Crippen LogP contribution is -2.42. The molecule has 1 unspecified atom stereocenters. The molecule has 2 saturated heterocycles. The minimum Gasteiger partial charge on any atom is -0.497 e. The summed E-state index contributed by atoms with van der Waals surface area (Å²) in [5, 5.41) is 7.29. The maximum atomic E-state index is 13.0. The second-order valence-corrected chi connectivity index (χ2v) is 10.5. The Morgan fingerprint density at radius 3 is 2.37 bits per heavy atom. The van der Waals surface area contributed by atoms with Gasteiger partial charge in [0.2, 0.25) is 17.6 Å². The lowest BCUT2D eigenvalue weighted by Gasteiger charge is -2.30. The summed E-state index contributed by atoms with van der Waals surface area (Å²) in [6, 6.07) is 16.3. The van der Waals surface area contributed by atoms with Gasteiger partial charge in [0, 0.05) is 25.2 Å². The number of hydrogen-bond acceptors (Lipinski definition) is 7. The molecule has 2 fully saturated rings. The Morgan fingerprint density at radius 1 is 0.921 bits per heavy atom. The Balaban J connectivity index is 1.08. The Morgan fingerprint density at radius 2 is 1.63 bits per heavy atom. The third-order valence-corrected chi connectivity index (χ3v) is 7.65. The van der Waals surface area contributed by atoms with Gasteiger partial charge < -0.3 is 14.6 Å². The van der Waals surface area contributed by atoms with Crippen LogP contribution in [0.15, 0.2) is 53.1 Å². The van der Waals surface area contributed by atoms with Crippen LogP contribution in [0.5, 0.6) is 5.75 Å². The average Bonchev–Trinajstić information content (AvgIpc) is 3.27. The van der Waals surface area contributed by atoms with E-state index in [2.05, 4.69) is 49.5 Å². The molecule has 0 aliphatic carbocycles. The fraction of sp³-hybridized carbons (Fsp3) is 0.500. The van der Waals surface area contributed by atoms with Crippen LogP contribution in [-0.2, 0) is 24.4 Å². The van der Waals surface area contributed by atoms with E-state index >= 15 is 0 Å². The van der Waals surface area contributed by atoms with Crippen LogP contribution < -0.4 is 10.1 Å². The van der Waals surface area contributed by atoms with E-state index < -0.39 is 0 Å². The minimum atomic E-state index is -0.0324. The second-order valence-electron chi connectivity index (χ2n) is 10.5. The van der Waals surface area contributed by atoms with Crippen LogP contribution in [0.2, 0.25) is 0 Å². The predicted octanol–water partition coefficient (Wildman–Crippen LogP) is 4.65. The largest absolute Gasteiger partial charge is 0.497 e. The van der Waals surface area contributed by atoms with Crippen LogP contribution in [0, 0.1) is 5.92 Å². The van der Waals surface area contributed by atoms with Crippen LogP contribution in [0.4, 0.5) is 0 Å². The van der Waals surface area contributed by atoms with Gasteiger partial charge in [0.25, 0.3) is 0 Å². The standard InChI is InChI=1S/C30H39N5O3/c1-37-27-14-12-25(13-15-27)29-32-28(38-33-29)22-35-18-6-7-26(21-35)30(36)31-19-23-8-10-24(11-9-23)20-34-16-4-2-3-5-17-34/h8-15,26H,2-7,16-22H2,1H3,(H,31,36). The summed E-state index contributed by atoms with van der Waals surface area (Å²) in [5.74, 6) is 2.00. The number of carbonyl (C=O) groups excluding carboxylic acids is 1. The molecule has 3 aromatic rings. The summed E-state index contributed by atoms with van der Waals surface area (Å²) >= 11 is 0. The highest BCUT2D eigenvalue weighted by Gasteiger charge is 2.27. The fourth-order valence-corrected chi connectivity index (χ4v) is 5.43. The molecule has 8 heteroatoms. The van der Waals surface area contributed by atoms with E-state index in [-0.39, 0.29) is 11.8 Å². The lowest BCUT2D eigenvalue weighted by molar-refractivity contribution is -0.127. The number of benzene rings is 2. The Bertz CT molecular complexity index is 1150. The molecule has 2 aromatic carbocycles. The van der Waals surface area contributed by atoms with E-state index in [0.717, 1.165) is 42.8 Å². The molecule has 2 aliphatic rings. The maximum Gasteiger partial charge on any atom is 0.241 e. The van der Waals surface area contributed by atoms with Crippen molar-refractivity contribution < 1.29 is 14.1 Å². The van der Waals surface area contributed by atoms with Gasteiger partial charge in [-0.1, -0.05) is 42.3 Å². The van der Waals surface area contributed by atoms with Crippen LogP contribution in [0.1, 0.15) is 55.5 Å². The summed E-state index contributed by atoms with van der Waals surface area (Å²) in [6.07, 6.45) is 7.21. The van der Waals surface area contributed by atoms with Crippen molar-refractivity contribution in [2.75, 3.05) is 33.3 Å². The van der Waals surface area contributed by atoms with Crippen LogP contribution in [0.3, 0.4) is 0 Å². The SMILES string of the molecule is COc1ccc(-c2noc(CN3CCCC(C(=O)NCc4ccc(CN5CCCCCC5)cc4)C3)n2)cc1. The highest BCUT2D eigenvalue weighted by molar-refractivity contribution is 5.79. The molecule has 1 amide bonds. The van der Waals surface area contributed by atoms with Gasteiger partial charge >= 0.3 is 0 Å². The molecule has 0 bridgehead atoms. The van der Waals surface area contributed by atoms with Crippen molar-refractivity contribution in [2.24, 2.45) is 5.92 Å². The highest BCUT2D eigenvalue weighted by Crippen LogP contribution is 2.22. The van der Waals surface area contributed by atoms with Crippen molar-refractivity contribution >= 4 is 5.91 Å². The zero-order valence-corrected chi connectivity index (χ0v) is 22.4. The number of nitrogens with zero attached hydrogens (tertiary/aromatic N) is 4. The topological polar surface area (TPSA) is 83.7 Å². The molecular formula is C30H39N5O3. The van der Waals surface area contributed by atoms with Gasteiger partial charge in [-0.05, 0) is 80.7 Å². The number of nitrogens with one attached hydrogen (secondary N) is 1. The van der Waals surface area contributed by atoms with Crippen molar-refractivity contribution in [3.8, 4) is 17.1 Å². The number of carbonyl (C=O) groups is 1. The average molecular weight is 518 g/mol. The number of likely N-dealkylation sites (tertiary alicyclic amines) is 2. The summed E-state index contributed by atoms with van der Waals surface area (Å²) in [5.41, 5.74) is 3.37. The van der Waals surface area contributed by atoms with Crippen molar-refractivity contribution in [1.29, 1.82) is 0 Å². The van der Waals surface area contributed by atoms with Crippen molar-refractivity contribution in [3.05, 3.63) is 65.5 Å². The number of methoxy groups -OCH3 is 1. The van der Waals surface area contributed by atoms with Gasteiger partial charge in [-0.2, -0.15) is 4.98 Å². The van der Waals surface area contributed by atoms with Crippen LogP contribution in [-0.4, -0.2) is 59.1 Å². The molecule has 0 spiro atoms. The summed E-state index contributed by atoms with van der Waals surface area (Å²) < 4.78 is 10.7. The Labute approximate surface area is 225 Å². The summed E-state index contributed by atoms with van der Waals surface area (Å²) in [6.45, 7) is 6.15. The van der Waals surface area contributed by atoms with Crippen molar-refractivity contribution in [3.63, 3.8) is 0 Å². The Kier molecular flexibility index (Phi) is 9.04. The fourth-order valence-electron chi connectivity index (χ4n) is 5.43. The molecule has 0 saturated carbocycles. The zero-order chi connectivity index (χ0) is 26.2. The van der Waals surface area contributed by atoms with Gasteiger partial charge in [-0.25, -0.2) is 0 Å². The quantitative estimate of drug-likeness (QED) is 0.442. The molecule has 2 aliphatic heterocycles. The van der Waals surface area contributed by atoms with Crippen molar-refractivity contribution in [2.45, 2.75) is 58.2 Å². The number of hydrogen-bond donors (Lipinski definition) is 1. The first-order chi connectivity index (χ1) is 18.7. The number of piperidine rings is 1. The highest BCUT2D eigenvalue weighted by atomic mass is 16.5. The first kappa shape index (κ1) is 26.4. The molecule has 0 radical (unpaired) electrons. The van der Waals surface area contributed by atoms with Gasteiger partial charge in [0.05, 0.1) is 19.6 Å². The van der Waals surface area contributed by atoms with E-state index in [9.17, 15) is 4.79 Å². The second kappa shape index (κ2) is 13.0. The lowest BCUT2D eigenvalue weighted by atomic mass is 9.97. The molecule has 38 heavy (non-hydrogen) atoms. The third-order valence-electron chi connectivity index (χ3n) is 7.65. The van der Waals surface area contributed by atoms with E-state index in [1.165, 1.54) is 44.3 Å². The predicted molar refractivity (Wildman–Crippen MR) is 146 cm³/mol. The molecule has 1 N–H and O–H groups in total. The van der Waals surface area contributed by atoms with Gasteiger partial charge in [0.15, 0.2) is 0 Å². The molecule has 1 atom stereocenters. The molecule has 5 rings (SSSR count). The van der Waals surface area contributed by atoms with E-state index in [1.807, 2.05) is 24.3 Å². The first-order valence-corrected chi connectivity index (χ1v) is 13.9. The zero-order valence-electron chi connectivity index (χ0n) is 22.4. The molecule has 3 heterocycles. The number of rotatable bonds is 9. The molecule has 1 aromatic heterocycles. The monoisotopic (exact) mass is 517 g/mol. The van der Waals surface area contributed by atoms with E-state index in [1.54, 1.807) is 7.11 Å². The third kappa shape index (κ3) is 7.20. The van der Waals surface area contributed by atoms with Gasteiger partial charge in [0.1, 0.15) is 5.75 Å². The number of aromatic nitrogens is 2. The smallest absolute Gasteiger partial charge is 0.241 e. The Hall–Kier alpha value is -3.23. The minimum absolute atomic E-state index is 0.0324. The molecule has 8 nitrogen and oxygen atoms in total. The number of amides is 1. The first-order valence-electron chi connectivity index (χ1n) is 13.9. The molecule has 202 valence electrons. The number of ether oxygens (including phenoxy) is 1. The van der Waals surface area contributed by atoms with Crippen molar-refractivity contribution in [1.82, 2.24) is 25.3 Å². The summed E-state index contributed by atoms with van der Waals surface area (Å²) in [7, 11) is 1.64. The molecular weight excluding hydrogens is 478 g/mol. The normalized spacial score (nSPS) is 19.1.